The van der Waals surface area contributed by atoms with Crippen LogP contribution in [0.1, 0.15) is 5.56 Å². The minimum atomic E-state index is -1.05. The normalized spacial score (nSPS) is 10.6. The SMILES string of the molecule is CN(C)CCN(CC(=O)O)C(=O)Cc1ccccc1O. The van der Waals surface area contributed by atoms with Gasteiger partial charge >= 0.3 is 5.97 Å². The van der Waals surface area contributed by atoms with Crippen molar-refractivity contribution in [3.8, 4) is 5.75 Å². The molecule has 110 valence electrons. The van der Waals surface area contributed by atoms with Gasteiger partial charge in [0.15, 0.2) is 0 Å². The van der Waals surface area contributed by atoms with Gasteiger partial charge in [-0.05, 0) is 20.2 Å². The highest BCUT2D eigenvalue weighted by atomic mass is 16.4. The molecule has 0 aromatic heterocycles. The van der Waals surface area contributed by atoms with Crippen LogP contribution < -0.4 is 0 Å². The molecule has 2 N–H and O–H groups in total. The number of phenols is 1. The van der Waals surface area contributed by atoms with Crippen molar-refractivity contribution in [3.63, 3.8) is 0 Å². The van der Waals surface area contributed by atoms with Crippen molar-refractivity contribution < 1.29 is 19.8 Å². The minimum absolute atomic E-state index is 0.00657. The third-order valence-electron chi connectivity index (χ3n) is 2.83. The largest absolute Gasteiger partial charge is 0.508 e. The maximum atomic E-state index is 12.1. The molecule has 1 aromatic carbocycles. The van der Waals surface area contributed by atoms with Crippen LogP contribution in [0.15, 0.2) is 24.3 Å². The van der Waals surface area contributed by atoms with E-state index in [1.807, 2.05) is 19.0 Å². The average molecular weight is 280 g/mol. The monoisotopic (exact) mass is 280 g/mol. The Hall–Kier alpha value is -2.08. The molecular formula is C14H20N2O4. The van der Waals surface area contributed by atoms with E-state index in [0.29, 0.717) is 18.7 Å². The fraction of sp³-hybridized carbons (Fsp3) is 0.429. The molecule has 0 radical (unpaired) electrons. The van der Waals surface area contributed by atoms with E-state index in [2.05, 4.69) is 0 Å². The van der Waals surface area contributed by atoms with Gasteiger partial charge < -0.3 is 20.0 Å². The zero-order valence-corrected chi connectivity index (χ0v) is 11.7. The summed E-state index contributed by atoms with van der Waals surface area (Å²) in [4.78, 5) is 26.1. The van der Waals surface area contributed by atoms with Crippen molar-refractivity contribution in [1.29, 1.82) is 0 Å². The summed E-state index contributed by atoms with van der Waals surface area (Å²) in [6, 6.07) is 6.55. The van der Waals surface area contributed by atoms with E-state index in [0.717, 1.165) is 0 Å². The summed E-state index contributed by atoms with van der Waals surface area (Å²) >= 11 is 0. The highest BCUT2D eigenvalue weighted by Crippen LogP contribution is 2.16. The first-order valence-electron chi connectivity index (χ1n) is 6.31. The molecule has 6 heteroatoms. The first-order chi connectivity index (χ1) is 9.40. The van der Waals surface area contributed by atoms with Crippen LogP contribution in [0.4, 0.5) is 0 Å². The lowest BCUT2D eigenvalue weighted by Crippen LogP contribution is -2.40. The molecule has 0 aliphatic rings. The number of carbonyl (C=O) groups excluding carboxylic acids is 1. The lowest BCUT2D eigenvalue weighted by atomic mass is 10.1. The van der Waals surface area contributed by atoms with Gasteiger partial charge in [-0.3, -0.25) is 9.59 Å². The van der Waals surface area contributed by atoms with Gasteiger partial charge in [-0.2, -0.15) is 0 Å². The number of hydrogen-bond donors (Lipinski definition) is 2. The predicted molar refractivity (Wildman–Crippen MR) is 74.6 cm³/mol. The van der Waals surface area contributed by atoms with Crippen LogP contribution in [0.2, 0.25) is 0 Å². The third kappa shape index (κ3) is 5.27. The molecule has 0 spiro atoms. The van der Waals surface area contributed by atoms with Crippen molar-refractivity contribution in [2.75, 3.05) is 33.7 Å². The quantitative estimate of drug-likeness (QED) is 0.756. The molecule has 0 fully saturated rings. The van der Waals surface area contributed by atoms with Gasteiger partial charge in [0, 0.05) is 18.7 Å². The Morgan fingerprint density at radius 3 is 2.35 bits per heavy atom. The Bertz CT molecular complexity index is 474. The number of likely N-dealkylation sites (N-methyl/N-ethyl adjacent to an activating group) is 1. The number of phenolic OH excluding ortho intramolecular Hbond substituents is 1. The Labute approximate surface area is 118 Å². The van der Waals surface area contributed by atoms with Gasteiger partial charge in [0.05, 0.1) is 6.42 Å². The van der Waals surface area contributed by atoms with E-state index < -0.39 is 5.97 Å². The van der Waals surface area contributed by atoms with Crippen molar-refractivity contribution >= 4 is 11.9 Å². The van der Waals surface area contributed by atoms with E-state index in [1.165, 1.54) is 11.0 Å². The summed E-state index contributed by atoms with van der Waals surface area (Å²) < 4.78 is 0. The molecule has 1 amide bonds. The Balaban J connectivity index is 2.72. The van der Waals surface area contributed by atoms with E-state index in [4.69, 9.17) is 5.11 Å². The molecule has 0 atom stereocenters. The van der Waals surface area contributed by atoms with Gasteiger partial charge in [0.25, 0.3) is 0 Å². The second-order valence-electron chi connectivity index (χ2n) is 4.82. The zero-order valence-electron chi connectivity index (χ0n) is 11.7. The minimum Gasteiger partial charge on any atom is -0.508 e. The number of aliphatic carboxylic acids is 1. The summed E-state index contributed by atoms with van der Waals surface area (Å²) in [7, 11) is 3.71. The molecule has 0 saturated heterocycles. The number of carboxylic acids is 1. The number of nitrogens with zero attached hydrogens (tertiary/aromatic N) is 2. The fourth-order valence-corrected chi connectivity index (χ4v) is 1.71. The molecule has 1 rings (SSSR count). The standard InChI is InChI=1S/C14H20N2O4/c1-15(2)7-8-16(10-14(19)20)13(18)9-11-5-3-4-6-12(11)17/h3-6,17H,7-10H2,1-2H3,(H,19,20). The highest BCUT2D eigenvalue weighted by molar-refractivity contribution is 5.83. The van der Waals surface area contributed by atoms with Gasteiger partial charge in [0.2, 0.25) is 5.91 Å². The third-order valence-corrected chi connectivity index (χ3v) is 2.83. The number of carbonyl (C=O) groups is 2. The van der Waals surface area contributed by atoms with E-state index in [1.54, 1.807) is 18.2 Å². The Morgan fingerprint density at radius 2 is 1.80 bits per heavy atom. The average Bonchev–Trinajstić information content (AvgIpc) is 2.36. The Morgan fingerprint density at radius 1 is 1.15 bits per heavy atom. The lowest BCUT2D eigenvalue weighted by Gasteiger charge is -2.22. The van der Waals surface area contributed by atoms with Crippen LogP contribution in [-0.4, -0.2) is 65.6 Å². The molecule has 0 aliphatic heterocycles. The summed E-state index contributed by atoms with van der Waals surface area (Å²) in [5.41, 5.74) is 0.498. The molecule has 20 heavy (non-hydrogen) atoms. The van der Waals surface area contributed by atoms with Crippen molar-refractivity contribution in [2.24, 2.45) is 0 Å². The van der Waals surface area contributed by atoms with Crippen molar-refractivity contribution in [1.82, 2.24) is 9.80 Å². The maximum absolute atomic E-state index is 12.1. The second-order valence-corrected chi connectivity index (χ2v) is 4.82. The first-order valence-corrected chi connectivity index (χ1v) is 6.31. The zero-order chi connectivity index (χ0) is 15.1. The molecule has 1 aromatic rings. The summed E-state index contributed by atoms with van der Waals surface area (Å²) in [6.45, 7) is 0.589. The molecule has 0 saturated carbocycles. The molecule has 0 bridgehead atoms. The topological polar surface area (TPSA) is 81.1 Å². The highest BCUT2D eigenvalue weighted by Gasteiger charge is 2.18. The van der Waals surface area contributed by atoms with Gasteiger partial charge in [-0.15, -0.1) is 0 Å². The molecule has 0 unspecified atom stereocenters. The van der Waals surface area contributed by atoms with Gasteiger partial charge in [-0.1, -0.05) is 18.2 Å². The van der Waals surface area contributed by atoms with E-state index in [9.17, 15) is 14.7 Å². The van der Waals surface area contributed by atoms with Crippen LogP contribution in [0.3, 0.4) is 0 Å². The number of rotatable bonds is 7. The number of benzene rings is 1. The van der Waals surface area contributed by atoms with Crippen LogP contribution in [-0.2, 0) is 16.0 Å². The number of amides is 1. The van der Waals surface area contributed by atoms with Crippen LogP contribution >= 0.6 is 0 Å². The van der Waals surface area contributed by atoms with E-state index in [-0.39, 0.29) is 24.6 Å². The Kier molecular flexibility index (Phi) is 5.99. The second kappa shape index (κ2) is 7.49. The smallest absolute Gasteiger partial charge is 0.323 e. The number of carboxylic acid groups (broad SMARTS) is 1. The number of para-hydroxylation sites is 1. The predicted octanol–water partition coefficient (Wildman–Crippen LogP) is 0.410. The lowest BCUT2D eigenvalue weighted by molar-refractivity contribution is -0.144. The molecule has 0 heterocycles. The van der Waals surface area contributed by atoms with Crippen LogP contribution in [0, 0.1) is 0 Å². The summed E-state index contributed by atoms with van der Waals surface area (Å²) in [5.74, 6) is -1.31. The maximum Gasteiger partial charge on any atom is 0.323 e. The van der Waals surface area contributed by atoms with Crippen LogP contribution in [0.5, 0.6) is 5.75 Å². The number of hydrogen-bond acceptors (Lipinski definition) is 4. The van der Waals surface area contributed by atoms with E-state index >= 15 is 0 Å². The van der Waals surface area contributed by atoms with Gasteiger partial charge in [-0.25, -0.2) is 0 Å². The van der Waals surface area contributed by atoms with Crippen LogP contribution in [0.25, 0.3) is 0 Å². The molecule has 6 nitrogen and oxygen atoms in total. The summed E-state index contributed by atoms with van der Waals surface area (Å²) in [6.07, 6.45) is -0.00657. The van der Waals surface area contributed by atoms with Gasteiger partial charge in [0.1, 0.15) is 12.3 Å². The summed E-state index contributed by atoms with van der Waals surface area (Å²) in [5, 5.41) is 18.5. The first kappa shape index (κ1) is 16.0. The van der Waals surface area contributed by atoms with Crippen molar-refractivity contribution in [3.05, 3.63) is 29.8 Å². The molecule has 0 aliphatic carbocycles. The number of aromatic hydroxyl groups is 1. The van der Waals surface area contributed by atoms with Crippen molar-refractivity contribution in [2.45, 2.75) is 6.42 Å². The molecular weight excluding hydrogens is 260 g/mol. The fourth-order valence-electron chi connectivity index (χ4n) is 1.71.